The van der Waals surface area contributed by atoms with Crippen LogP contribution in [0.15, 0.2) is 22.6 Å². The number of nitrogens with two attached hydrogens (primary N) is 1. The van der Waals surface area contributed by atoms with Crippen molar-refractivity contribution in [1.29, 1.82) is 0 Å². The zero-order valence-corrected chi connectivity index (χ0v) is 10.2. The van der Waals surface area contributed by atoms with E-state index in [1.54, 1.807) is 0 Å². The van der Waals surface area contributed by atoms with Crippen LogP contribution in [0, 0.1) is 0 Å². The van der Waals surface area contributed by atoms with Crippen molar-refractivity contribution in [3.8, 4) is 23.0 Å². The van der Waals surface area contributed by atoms with Crippen molar-refractivity contribution in [2.45, 2.75) is 12.7 Å². The Balaban J connectivity index is 2.34. The molecule has 0 atom stereocenters. The second-order valence-corrected chi connectivity index (χ2v) is 3.74. The molecule has 0 aliphatic carbocycles. The first-order valence-electron chi connectivity index (χ1n) is 5.46. The molecule has 0 aliphatic heterocycles. The predicted octanol–water partition coefficient (Wildman–Crippen LogP) is 1.37. The van der Waals surface area contributed by atoms with Gasteiger partial charge in [0.1, 0.15) is 0 Å². The lowest BCUT2D eigenvalue weighted by Crippen LogP contribution is -2.28. The van der Waals surface area contributed by atoms with Gasteiger partial charge >= 0.3 is 12.1 Å². The van der Waals surface area contributed by atoms with Crippen LogP contribution in [0.5, 0.6) is 11.5 Å². The van der Waals surface area contributed by atoms with E-state index in [0.29, 0.717) is 0 Å². The normalized spacial score (nSPS) is 11.4. The molecule has 0 bridgehead atoms. The lowest BCUT2D eigenvalue weighted by molar-refractivity contribution is -0.189. The Morgan fingerprint density at radius 3 is 2.67 bits per heavy atom. The zero-order valence-electron chi connectivity index (χ0n) is 10.2. The molecule has 112 valence electrons. The van der Waals surface area contributed by atoms with E-state index in [2.05, 4.69) is 14.9 Å². The van der Waals surface area contributed by atoms with Crippen LogP contribution in [0.1, 0.15) is 5.89 Å². The number of alkyl halides is 3. The molecule has 0 saturated carbocycles. The molecular weight excluding hydrogens is 295 g/mol. The molecule has 21 heavy (non-hydrogen) atoms. The largest absolute Gasteiger partial charge is 0.504 e. The predicted molar refractivity (Wildman–Crippen MR) is 61.0 cm³/mol. The molecule has 0 spiro atoms. The average Bonchev–Trinajstić information content (AvgIpc) is 2.88. The number of halogens is 3. The summed E-state index contributed by atoms with van der Waals surface area (Å²) < 4.78 is 45.5. The quantitative estimate of drug-likeness (QED) is 0.650. The Hall–Kier alpha value is -2.62. The molecule has 2 rings (SSSR count). The van der Waals surface area contributed by atoms with Crippen LogP contribution < -0.4 is 10.5 Å². The molecule has 1 aromatic heterocycles. The summed E-state index contributed by atoms with van der Waals surface area (Å²) >= 11 is 0. The number of phenolic OH excluding ortho intramolecular Hbond substituents is 1. The molecular formula is C11H8F3N3O4. The van der Waals surface area contributed by atoms with E-state index >= 15 is 0 Å². The molecule has 7 nitrogen and oxygen atoms in total. The van der Waals surface area contributed by atoms with Gasteiger partial charge in [0.15, 0.2) is 11.5 Å². The van der Waals surface area contributed by atoms with Gasteiger partial charge in [-0.1, -0.05) is 6.07 Å². The van der Waals surface area contributed by atoms with Crippen molar-refractivity contribution in [2.24, 2.45) is 5.73 Å². The third-order valence-electron chi connectivity index (χ3n) is 2.30. The maximum Gasteiger partial charge on any atom is 0.491 e. The molecule has 1 heterocycles. The highest BCUT2D eigenvalue weighted by Crippen LogP contribution is 2.37. The van der Waals surface area contributed by atoms with E-state index in [9.17, 15) is 23.1 Å². The number of hydrogen-bond acceptors (Lipinski definition) is 7. The van der Waals surface area contributed by atoms with Crippen LogP contribution in [0.4, 0.5) is 13.2 Å². The number of hydrogen-bond donors (Lipinski definition) is 2. The Bertz CT molecular complexity index is 669. The number of para-hydroxylation sites is 1. The van der Waals surface area contributed by atoms with Crippen molar-refractivity contribution < 1.29 is 32.2 Å². The minimum Gasteiger partial charge on any atom is -0.504 e. The first kappa shape index (κ1) is 14.8. The number of nitrogens with zero attached hydrogens (tertiary/aromatic N) is 2. The Morgan fingerprint density at radius 1 is 1.38 bits per heavy atom. The summed E-state index contributed by atoms with van der Waals surface area (Å²) in [6.45, 7) is -0.0451. The SMILES string of the molecule is NCc1nnc(-c2cccc(OC(=O)C(F)(F)F)c2O)o1. The van der Waals surface area contributed by atoms with Crippen LogP contribution >= 0.6 is 0 Å². The molecule has 0 radical (unpaired) electrons. The summed E-state index contributed by atoms with van der Waals surface area (Å²) in [7, 11) is 0. The standard InChI is InChI=1S/C11H8F3N3O4/c12-11(13,14)10(19)20-6-3-1-2-5(8(6)18)9-17-16-7(4-15)21-9/h1-3,18H,4,15H2. The van der Waals surface area contributed by atoms with Gasteiger partial charge in [0.25, 0.3) is 5.89 Å². The van der Waals surface area contributed by atoms with Crippen molar-refractivity contribution in [3.63, 3.8) is 0 Å². The second-order valence-electron chi connectivity index (χ2n) is 3.74. The fourth-order valence-electron chi connectivity index (χ4n) is 1.38. The van der Waals surface area contributed by atoms with Gasteiger partial charge in [-0.3, -0.25) is 0 Å². The summed E-state index contributed by atoms with van der Waals surface area (Å²) in [4.78, 5) is 10.8. The molecule has 0 aliphatic rings. The fraction of sp³-hybridized carbons (Fsp3) is 0.182. The summed E-state index contributed by atoms with van der Waals surface area (Å²) in [5.74, 6) is -3.97. The lowest BCUT2D eigenvalue weighted by Gasteiger charge is -2.09. The number of ether oxygens (including phenoxy) is 1. The molecule has 3 N–H and O–H groups in total. The number of phenols is 1. The maximum absolute atomic E-state index is 12.1. The van der Waals surface area contributed by atoms with Crippen molar-refractivity contribution in [1.82, 2.24) is 10.2 Å². The van der Waals surface area contributed by atoms with Crippen LogP contribution in [0.25, 0.3) is 11.5 Å². The van der Waals surface area contributed by atoms with E-state index < -0.39 is 23.6 Å². The highest BCUT2D eigenvalue weighted by atomic mass is 19.4. The number of aromatic nitrogens is 2. The number of carbonyl (C=O) groups is 1. The topological polar surface area (TPSA) is 111 Å². The highest BCUT2D eigenvalue weighted by molar-refractivity contribution is 5.80. The smallest absolute Gasteiger partial charge is 0.491 e. The molecule has 0 fully saturated rings. The third-order valence-corrected chi connectivity index (χ3v) is 2.30. The van der Waals surface area contributed by atoms with Gasteiger partial charge in [-0.2, -0.15) is 13.2 Å². The van der Waals surface area contributed by atoms with Gasteiger partial charge in [0.05, 0.1) is 12.1 Å². The molecule has 0 amide bonds. The second kappa shape index (κ2) is 5.40. The van der Waals surface area contributed by atoms with Gasteiger partial charge in [0.2, 0.25) is 5.89 Å². The highest BCUT2D eigenvalue weighted by Gasteiger charge is 2.41. The Labute approximate surface area is 115 Å². The summed E-state index contributed by atoms with van der Waals surface area (Å²) in [5.41, 5.74) is 5.18. The van der Waals surface area contributed by atoms with Gasteiger partial charge in [-0.25, -0.2) is 4.79 Å². The van der Waals surface area contributed by atoms with Gasteiger partial charge in [0, 0.05) is 0 Å². The monoisotopic (exact) mass is 303 g/mol. The summed E-state index contributed by atoms with van der Waals surface area (Å²) in [6, 6.07) is 3.54. The van der Waals surface area contributed by atoms with Gasteiger partial charge < -0.3 is 20.0 Å². The summed E-state index contributed by atoms with van der Waals surface area (Å²) in [5, 5.41) is 16.9. The van der Waals surface area contributed by atoms with Gasteiger partial charge in [-0.05, 0) is 12.1 Å². The Morgan fingerprint density at radius 2 is 2.10 bits per heavy atom. The summed E-state index contributed by atoms with van der Waals surface area (Å²) in [6.07, 6.45) is -5.18. The zero-order chi connectivity index (χ0) is 15.6. The number of carbonyl (C=O) groups excluding carboxylic acids is 1. The number of rotatable bonds is 3. The van der Waals surface area contributed by atoms with Crippen LogP contribution in [-0.2, 0) is 11.3 Å². The maximum atomic E-state index is 12.1. The molecule has 0 unspecified atom stereocenters. The minimum absolute atomic E-state index is 0.0451. The van der Waals surface area contributed by atoms with Crippen molar-refractivity contribution in [2.75, 3.05) is 0 Å². The fourth-order valence-corrected chi connectivity index (χ4v) is 1.38. The molecule has 1 aromatic carbocycles. The van der Waals surface area contributed by atoms with E-state index in [1.165, 1.54) is 12.1 Å². The van der Waals surface area contributed by atoms with Crippen LogP contribution in [-0.4, -0.2) is 27.4 Å². The van der Waals surface area contributed by atoms with E-state index in [1.807, 2.05) is 0 Å². The number of aromatic hydroxyl groups is 1. The van der Waals surface area contributed by atoms with Crippen LogP contribution in [0.2, 0.25) is 0 Å². The first-order chi connectivity index (χ1) is 9.82. The van der Waals surface area contributed by atoms with E-state index in [4.69, 9.17) is 10.2 Å². The Kier molecular flexibility index (Phi) is 3.80. The number of esters is 1. The van der Waals surface area contributed by atoms with E-state index in [0.717, 1.165) is 6.07 Å². The molecule has 2 aromatic rings. The number of benzene rings is 1. The molecule has 0 saturated heterocycles. The lowest BCUT2D eigenvalue weighted by atomic mass is 10.2. The van der Waals surface area contributed by atoms with Crippen LogP contribution in [0.3, 0.4) is 0 Å². The average molecular weight is 303 g/mol. The van der Waals surface area contributed by atoms with Gasteiger partial charge in [-0.15, -0.1) is 10.2 Å². The minimum atomic E-state index is -5.18. The molecule has 10 heteroatoms. The third kappa shape index (κ3) is 3.11. The van der Waals surface area contributed by atoms with Crippen molar-refractivity contribution in [3.05, 3.63) is 24.1 Å². The first-order valence-corrected chi connectivity index (χ1v) is 5.46. The van der Waals surface area contributed by atoms with E-state index in [-0.39, 0.29) is 23.9 Å². The van der Waals surface area contributed by atoms with Crippen molar-refractivity contribution >= 4 is 5.97 Å².